The Balaban J connectivity index is 1.83. The first kappa shape index (κ1) is 19.2. The summed E-state index contributed by atoms with van der Waals surface area (Å²) in [7, 11) is 0. The molecule has 6 nitrogen and oxygen atoms in total. The number of hydrogen-bond donors (Lipinski definition) is 3. The van der Waals surface area contributed by atoms with Crippen LogP contribution in [0.3, 0.4) is 0 Å². The number of rotatable bonds is 7. The molecular weight excluding hydrogens is 332 g/mol. The van der Waals surface area contributed by atoms with Crippen LogP contribution < -0.4 is 10.6 Å². The standard InChI is InChI=1S/C20H22N2O4/c1-13-11-14(2)17(12-16(13)20(25)26)22-18(23)9-6-10-21-19(24)15-7-4-3-5-8-15/h3-5,7-8,11-12H,6,9-10H2,1-2H3,(H,21,24)(H,22,23)(H,25,26). The lowest BCUT2D eigenvalue weighted by Gasteiger charge is -2.11. The van der Waals surface area contributed by atoms with Gasteiger partial charge in [0.15, 0.2) is 0 Å². The van der Waals surface area contributed by atoms with Gasteiger partial charge in [0.05, 0.1) is 5.56 Å². The Labute approximate surface area is 152 Å². The number of aromatic carboxylic acids is 1. The van der Waals surface area contributed by atoms with Crippen molar-refractivity contribution in [1.82, 2.24) is 5.32 Å². The summed E-state index contributed by atoms with van der Waals surface area (Å²) in [5, 5.41) is 14.7. The van der Waals surface area contributed by atoms with Crippen LogP contribution in [0.2, 0.25) is 0 Å². The van der Waals surface area contributed by atoms with Crippen LogP contribution in [0.4, 0.5) is 5.69 Å². The Morgan fingerprint density at radius 3 is 2.35 bits per heavy atom. The van der Waals surface area contributed by atoms with E-state index < -0.39 is 5.97 Å². The van der Waals surface area contributed by atoms with Crippen LogP contribution in [0.5, 0.6) is 0 Å². The van der Waals surface area contributed by atoms with Gasteiger partial charge >= 0.3 is 5.97 Å². The van der Waals surface area contributed by atoms with Crippen LogP contribution in [-0.2, 0) is 4.79 Å². The molecule has 0 fully saturated rings. The molecule has 3 N–H and O–H groups in total. The van der Waals surface area contributed by atoms with Crippen molar-refractivity contribution in [3.8, 4) is 0 Å². The summed E-state index contributed by atoms with van der Waals surface area (Å²) in [6, 6.07) is 12.1. The van der Waals surface area contributed by atoms with Crippen molar-refractivity contribution in [2.75, 3.05) is 11.9 Å². The highest BCUT2D eigenvalue weighted by atomic mass is 16.4. The Bertz CT molecular complexity index is 816. The van der Waals surface area contributed by atoms with Crippen molar-refractivity contribution in [2.45, 2.75) is 26.7 Å². The van der Waals surface area contributed by atoms with Crippen molar-refractivity contribution < 1.29 is 19.5 Å². The van der Waals surface area contributed by atoms with E-state index in [2.05, 4.69) is 10.6 Å². The Hall–Kier alpha value is -3.15. The van der Waals surface area contributed by atoms with Gasteiger partial charge in [-0.3, -0.25) is 9.59 Å². The largest absolute Gasteiger partial charge is 0.478 e. The molecule has 2 amide bonds. The van der Waals surface area contributed by atoms with Crippen molar-refractivity contribution in [2.24, 2.45) is 0 Å². The predicted octanol–water partition coefficient (Wildman–Crippen LogP) is 3.15. The van der Waals surface area contributed by atoms with E-state index in [-0.39, 0.29) is 23.8 Å². The van der Waals surface area contributed by atoms with Crippen LogP contribution in [0.25, 0.3) is 0 Å². The van der Waals surface area contributed by atoms with Crippen molar-refractivity contribution in [3.63, 3.8) is 0 Å². The monoisotopic (exact) mass is 354 g/mol. The number of aryl methyl sites for hydroxylation is 2. The van der Waals surface area contributed by atoms with Gasteiger partial charge in [-0.15, -0.1) is 0 Å². The molecule has 0 aromatic heterocycles. The maximum absolute atomic E-state index is 12.1. The number of anilines is 1. The molecule has 0 heterocycles. The van der Waals surface area contributed by atoms with Gasteiger partial charge in [0.2, 0.25) is 5.91 Å². The number of carbonyl (C=O) groups is 3. The number of benzene rings is 2. The molecule has 0 atom stereocenters. The number of carboxylic acid groups (broad SMARTS) is 1. The van der Waals surface area contributed by atoms with E-state index in [4.69, 9.17) is 0 Å². The molecule has 26 heavy (non-hydrogen) atoms. The molecule has 6 heteroatoms. The summed E-state index contributed by atoms with van der Waals surface area (Å²) >= 11 is 0. The summed E-state index contributed by atoms with van der Waals surface area (Å²) in [4.78, 5) is 35.2. The second-order valence-electron chi connectivity index (χ2n) is 6.06. The van der Waals surface area contributed by atoms with Crippen LogP contribution in [0.15, 0.2) is 42.5 Å². The molecule has 0 saturated carbocycles. The van der Waals surface area contributed by atoms with Gasteiger partial charge in [-0.05, 0) is 49.6 Å². The molecule has 0 radical (unpaired) electrons. The smallest absolute Gasteiger partial charge is 0.336 e. The fourth-order valence-electron chi connectivity index (χ4n) is 2.57. The number of nitrogens with one attached hydrogen (secondary N) is 2. The third-order valence-electron chi connectivity index (χ3n) is 3.98. The summed E-state index contributed by atoms with van der Waals surface area (Å²) in [5.41, 5.74) is 2.69. The van der Waals surface area contributed by atoms with Crippen LogP contribution in [0, 0.1) is 13.8 Å². The van der Waals surface area contributed by atoms with E-state index in [0.717, 1.165) is 5.56 Å². The van der Waals surface area contributed by atoms with Crippen LogP contribution >= 0.6 is 0 Å². The van der Waals surface area contributed by atoms with Gasteiger partial charge in [0.1, 0.15) is 0 Å². The lowest BCUT2D eigenvalue weighted by molar-refractivity contribution is -0.116. The first-order chi connectivity index (χ1) is 12.4. The van der Waals surface area contributed by atoms with Gasteiger partial charge in [0, 0.05) is 24.2 Å². The molecular formula is C20H22N2O4. The lowest BCUT2D eigenvalue weighted by Crippen LogP contribution is -2.25. The van der Waals surface area contributed by atoms with Crippen molar-refractivity contribution in [1.29, 1.82) is 0 Å². The first-order valence-corrected chi connectivity index (χ1v) is 8.36. The number of hydrogen-bond acceptors (Lipinski definition) is 3. The maximum Gasteiger partial charge on any atom is 0.336 e. The zero-order chi connectivity index (χ0) is 19.1. The van der Waals surface area contributed by atoms with Gasteiger partial charge in [-0.2, -0.15) is 0 Å². The molecule has 0 bridgehead atoms. The molecule has 0 saturated heterocycles. The highest BCUT2D eigenvalue weighted by molar-refractivity contribution is 5.96. The second-order valence-corrected chi connectivity index (χ2v) is 6.06. The number of carboxylic acids is 1. The van der Waals surface area contributed by atoms with E-state index in [1.54, 1.807) is 37.3 Å². The van der Waals surface area contributed by atoms with E-state index in [1.807, 2.05) is 13.0 Å². The molecule has 0 aliphatic carbocycles. The maximum atomic E-state index is 12.1. The predicted molar refractivity (Wildman–Crippen MR) is 99.5 cm³/mol. The first-order valence-electron chi connectivity index (χ1n) is 8.36. The highest BCUT2D eigenvalue weighted by Gasteiger charge is 2.12. The van der Waals surface area contributed by atoms with Gasteiger partial charge in [0.25, 0.3) is 5.91 Å². The topological polar surface area (TPSA) is 95.5 Å². The third-order valence-corrected chi connectivity index (χ3v) is 3.98. The average Bonchev–Trinajstić information content (AvgIpc) is 2.61. The number of carbonyl (C=O) groups excluding carboxylic acids is 2. The third kappa shape index (κ3) is 5.17. The summed E-state index contributed by atoms with van der Waals surface area (Å²) in [5.74, 6) is -1.42. The Kier molecular flexibility index (Phi) is 6.49. The Morgan fingerprint density at radius 1 is 1.00 bits per heavy atom. The van der Waals surface area contributed by atoms with E-state index in [1.165, 1.54) is 6.07 Å². The van der Waals surface area contributed by atoms with Crippen LogP contribution in [-0.4, -0.2) is 29.4 Å². The minimum Gasteiger partial charge on any atom is -0.478 e. The SMILES string of the molecule is Cc1cc(C)c(C(=O)O)cc1NC(=O)CCCNC(=O)c1ccccc1. The minimum atomic E-state index is -1.03. The van der Waals surface area contributed by atoms with Crippen molar-refractivity contribution >= 4 is 23.5 Å². The molecule has 136 valence electrons. The number of amides is 2. The molecule has 0 aliphatic rings. The molecule has 2 rings (SSSR count). The summed E-state index contributed by atoms with van der Waals surface area (Å²) in [6.45, 7) is 3.92. The lowest BCUT2D eigenvalue weighted by atomic mass is 10.0. The molecule has 0 spiro atoms. The fourth-order valence-corrected chi connectivity index (χ4v) is 2.57. The molecule has 2 aromatic carbocycles. The summed E-state index contributed by atoms with van der Waals surface area (Å²) in [6.07, 6.45) is 0.714. The zero-order valence-electron chi connectivity index (χ0n) is 14.8. The quantitative estimate of drug-likeness (QED) is 0.666. The molecule has 0 unspecified atom stereocenters. The molecule has 0 aliphatic heterocycles. The second kappa shape index (κ2) is 8.80. The zero-order valence-corrected chi connectivity index (χ0v) is 14.8. The Morgan fingerprint density at radius 2 is 1.69 bits per heavy atom. The fraction of sp³-hybridized carbons (Fsp3) is 0.250. The normalized spacial score (nSPS) is 10.2. The van der Waals surface area contributed by atoms with E-state index >= 15 is 0 Å². The van der Waals surface area contributed by atoms with Crippen molar-refractivity contribution in [3.05, 3.63) is 64.7 Å². The van der Waals surface area contributed by atoms with E-state index in [0.29, 0.717) is 29.8 Å². The average molecular weight is 354 g/mol. The van der Waals surface area contributed by atoms with Gasteiger partial charge in [-0.25, -0.2) is 4.79 Å². The minimum absolute atomic E-state index is 0.168. The van der Waals surface area contributed by atoms with Gasteiger partial charge < -0.3 is 15.7 Å². The van der Waals surface area contributed by atoms with Gasteiger partial charge in [-0.1, -0.05) is 24.3 Å². The highest BCUT2D eigenvalue weighted by Crippen LogP contribution is 2.21. The molecule has 2 aromatic rings. The summed E-state index contributed by atoms with van der Waals surface area (Å²) < 4.78 is 0. The van der Waals surface area contributed by atoms with Crippen LogP contribution in [0.1, 0.15) is 44.7 Å². The van der Waals surface area contributed by atoms with E-state index in [9.17, 15) is 19.5 Å².